The SMILES string of the molecule is Cn1nc(C(=O)Nc2ccn(Cc3ccccc3)n2)cc1NC(=O)c1cccs1. The molecule has 4 rings (SSSR count). The number of thiophene rings is 1. The molecule has 0 saturated carbocycles. The number of carbonyl (C=O) groups is 2. The highest BCUT2D eigenvalue weighted by Crippen LogP contribution is 2.15. The quantitative estimate of drug-likeness (QED) is 0.514. The summed E-state index contributed by atoms with van der Waals surface area (Å²) < 4.78 is 3.20. The van der Waals surface area contributed by atoms with Crippen LogP contribution in [0, 0.1) is 0 Å². The molecule has 9 heteroatoms. The Labute approximate surface area is 170 Å². The van der Waals surface area contributed by atoms with E-state index in [2.05, 4.69) is 20.8 Å². The third-order valence-corrected chi connectivity index (χ3v) is 5.04. The summed E-state index contributed by atoms with van der Waals surface area (Å²) in [7, 11) is 1.66. The zero-order valence-corrected chi connectivity index (χ0v) is 16.4. The van der Waals surface area contributed by atoms with Crippen LogP contribution in [0.2, 0.25) is 0 Å². The van der Waals surface area contributed by atoms with Gasteiger partial charge >= 0.3 is 0 Å². The topological polar surface area (TPSA) is 93.8 Å². The minimum absolute atomic E-state index is 0.187. The molecule has 0 bridgehead atoms. The number of rotatable bonds is 6. The number of amides is 2. The van der Waals surface area contributed by atoms with Crippen molar-refractivity contribution >= 4 is 34.8 Å². The molecule has 0 radical (unpaired) electrons. The van der Waals surface area contributed by atoms with E-state index >= 15 is 0 Å². The maximum absolute atomic E-state index is 12.5. The second-order valence-electron chi connectivity index (χ2n) is 6.31. The Kier molecular flexibility index (Phi) is 5.21. The zero-order valence-electron chi connectivity index (χ0n) is 15.6. The lowest BCUT2D eigenvalue weighted by atomic mass is 10.2. The Hall–Kier alpha value is -3.72. The first kappa shape index (κ1) is 18.6. The lowest BCUT2D eigenvalue weighted by Gasteiger charge is -2.02. The van der Waals surface area contributed by atoms with E-state index in [1.807, 2.05) is 35.7 Å². The van der Waals surface area contributed by atoms with E-state index in [0.29, 0.717) is 23.1 Å². The van der Waals surface area contributed by atoms with Crippen molar-refractivity contribution in [2.75, 3.05) is 10.6 Å². The highest BCUT2D eigenvalue weighted by Gasteiger charge is 2.16. The fraction of sp³-hybridized carbons (Fsp3) is 0.100. The van der Waals surface area contributed by atoms with Crippen LogP contribution < -0.4 is 10.6 Å². The van der Waals surface area contributed by atoms with E-state index in [0.717, 1.165) is 5.56 Å². The van der Waals surface area contributed by atoms with E-state index in [1.165, 1.54) is 22.1 Å². The van der Waals surface area contributed by atoms with Crippen LogP contribution >= 0.6 is 11.3 Å². The Bertz CT molecular complexity index is 1130. The van der Waals surface area contributed by atoms with Gasteiger partial charge in [0.1, 0.15) is 5.82 Å². The summed E-state index contributed by atoms with van der Waals surface area (Å²) in [6, 6.07) is 16.7. The highest BCUT2D eigenvalue weighted by atomic mass is 32.1. The van der Waals surface area contributed by atoms with E-state index in [4.69, 9.17) is 0 Å². The summed E-state index contributed by atoms with van der Waals surface area (Å²) in [5.74, 6) is 0.223. The van der Waals surface area contributed by atoms with Crippen molar-refractivity contribution in [1.29, 1.82) is 0 Å². The monoisotopic (exact) mass is 406 g/mol. The molecule has 0 fully saturated rings. The molecule has 0 atom stereocenters. The second kappa shape index (κ2) is 8.11. The first-order chi connectivity index (χ1) is 14.1. The summed E-state index contributed by atoms with van der Waals surface area (Å²) in [4.78, 5) is 25.3. The second-order valence-corrected chi connectivity index (χ2v) is 7.26. The molecule has 0 aliphatic heterocycles. The number of benzene rings is 1. The molecule has 2 amide bonds. The number of aromatic nitrogens is 4. The third-order valence-electron chi connectivity index (χ3n) is 4.17. The minimum atomic E-state index is -0.401. The van der Waals surface area contributed by atoms with Gasteiger partial charge in [-0.2, -0.15) is 10.2 Å². The first-order valence-corrected chi connectivity index (χ1v) is 9.74. The lowest BCUT2D eigenvalue weighted by Crippen LogP contribution is -2.14. The Morgan fingerprint density at radius 3 is 2.59 bits per heavy atom. The van der Waals surface area contributed by atoms with Crippen molar-refractivity contribution in [3.63, 3.8) is 0 Å². The van der Waals surface area contributed by atoms with Crippen LogP contribution in [0.25, 0.3) is 0 Å². The van der Waals surface area contributed by atoms with Crippen LogP contribution in [0.5, 0.6) is 0 Å². The van der Waals surface area contributed by atoms with Crippen LogP contribution in [0.15, 0.2) is 66.2 Å². The van der Waals surface area contributed by atoms with Crippen molar-refractivity contribution in [2.45, 2.75) is 6.54 Å². The molecule has 0 saturated heterocycles. The predicted octanol–water partition coefficient (Wildman–Crippen LogP) is 3.23. The van der Waals surface area contributed by atoms with E-state index in [-0.39, 0.29) is 11.6 Å². The van der Waals surface area contributed by atoms with Gasteiger partial charge in [0.05, 0.1) is 11.4 Å². The molecule has 29 heavy (non-hydrogen) atoms. The van der Waals surface area contributed by atoms with Gasteiger partial charge in [0.15, 0.2) is 11.5 Å². The van der Waals surface area contributed by atoms with Crippen LogP contribution in [0.1, 0.15) is 25.7 Å². The molecule has 1 aromatic carbocycles. The van der Waals surface area contributed by atoms with Crippen LogP contribution in [-0.2, 0) is 13.6 Å². The van der Waals surface area contributed by atoms with Crippen molar-refractivity contribution in [3.8, 4) is 0 Å². The van der Waals surface area contributed by atoms with Gasteiger partial charge < -0.3 is 10.6 Å². The van der Waals surface area contributed by atoms with Crippen molar-refractivity contribution in [1.82, 2.24) is 19.6 Å². The van der Waals surface area contributed by atoms with Gasteiger partial charge in [-0.15, -0.1) is 11.3 Å². The number of hydrogen-bond acceptors (Lipinski definition) is 5. The molecular formula is C20H18N6O2S. The molecular weight excluding hydrogens is 388 g/mol. The van der Waals surface area contributed by atoms with Crippen molar-refractivity contribution in [3.05, 3.63) is 82.3 Å². The fourth-order valence-corrected chi connectivity index (χ4v) is 3.37. The number of carbonyl (C=O) groups excluding carboxylic acids is 2. The molecule has 4 aromatic rings. The summed E-state index contributed by atoms with van der Waals surface area (Å²) in [5, 5.41) is 15.8. The Morgan fingerprint density at radius 1 is 1.00 bits per heavy atom. The van der Waals surface area contributed by atoms with Crippen LogP contribution in [0.3, 0.4) is 0 Å². The molecule has 3 heterocycles. The number of aryl methyl sites for hydroxylation is 1. The molecule has 3 aromatic heterocycles. The van der Waals surface area contributed by atoms with Gasteiger partial charge in [-0.25, -0.2) is 0 Å². The van der Waals surface area contributed by atoms with Gasteiger partial charge in [0, 0.05) is 25.4 Å². The van der Waals surface area contributed by atoms with Crippen LogP contribution in [0.4, 0.5) is 11.6 Å². The lowest BCUT2D eigenvalue weighted by molar-refractivity contribution is 0.101. The summed E-state index contributed by atoms with van der Waals surface area (Å²) >= 11 is 1.34. The van der Waals surface area contributed by atoms with Crippen molar-refractivity contribution in [2.24, 2.45) is 7.05 Å². The van der Waals surface area contributed by atoms with Gasteiger partial charge in [0.2, 0.25) is 0 Å². The predicted molar refractivity (Wildman–Crippen MR) is 111 cm³/mol. The van der Waals surface area contributed by atoms with E-state index < -0.39 is 5.91 Å². The van der Waals surface area contributed by atoms with Gasteiger partial charge in [-0.05, 0) is 17.0 Å². The molecule has 0 spiro atoms. The van der Waals surface area contributed by atoms with Gasteiger partial charge in [0.25, 0.3) is 11.8 Å². The largest absolute Gasteiger partial charge is 0.306 e. The average molecular weight is 406 g/mol. The summed E-state index contributed by atoms with van der Waals surface area (Å²) in [6.07, 6.45) is 1.80. The third kappa shape index (κ3) is 4.41. The molecule has 0 aliphatic rings. The number of nitrogens with zero attached hydrogens (tertiary/aromatic N) is 4. The molecule has 146 valence electrons. The van der Waals surface area contributed by atoms with Crippen LogP contribution in [-0.4, -0.2) is 31.4 Å². The number of anilines is 2. The van der Waals surface area contributed by atoms with Crippen molar-refractivity contribution < 1.29 is 9.59 Å². The highest BCUT2D eigenvalue weighted by molar-refractivity contribution is 7.12. The Balaban J connectivity index is 1.41. The number of hydrogen-bond donors (Lipinski definition) is 2. The Morgan fingerprint density at radius 2 is 1.83 bits per heavy atom. The summed E-state index contributed by atoms with van der Waals surface area (Å²) in [6.45, 7) is 0.610. The first-order valence-electron chi connectivity index (χ1n) is 8.86. The smallest absolute Gasteiger partial charge is 0.277 e. The molecule has 0 aliphatic carbocycles. The molecule has 2 N–H and O–H groups in total. The van der Waals surface area contributed by atoms with E-state index in [1.54, 1.807) is 36.1 Å². The van der Waals surface area contributed by atoms with E-state index in [9.17, 15) is 9.59 Å². The summed E-state index contributed by atoms with van der Waals surface area (Å²) in [5.41, 5.74) is 1.30. The average Bonchev–Trinajstić information content (AvgIpc) is 3.45. The maximum atomic E-state index is 12.5. The standard InChI is InChI=1S/C20H18N6O2S/c1-25-18(22-20(28)16-8-5-11-29-16)12-15(23-25)19(27)21-17-9-10-26(24-17)13-14-6-3-2-4-7-14/h2-12H,13H2,1H3,(H,22,28)(H,21,24,27). The zero-order chi connectivity index (χ0) is 20.2. The fourth-order valence-electron chi connectivity index (χ4n) is 2.75. The minimum Gasteiger partial charge on any atom is -0.306 e. The molecule has 8 nitrogen and oxygen atoms in total. The number of nitrogens with one attached hydrogen (secondary N) is 2. The maximum Gasteiger partial charge on any atom is 0.277 e. The van der Waals surface area contributed by atoms with Gasteiger partial charge in [-0.3, -0.25) is 19.0 Å². The molecule has 0 unspecified atom stereocenters. The van der Waals surface area contributed by atoms with Gasteiger partial charge in [-0.1, -0.05) is 36.4 Å². The normalized spacial score (nSPS) is 10.7.